The highest BCUT2D eigenvalue weighted by atomic mass is 16.2. The maximum atomic E-state index is 12.3. The summed E-state index contributed by atoms with van der Waals surface area (Å²) in [5.74, 6) is 1.04. The van der Waals surface area contributed by atoms with Crippen molar-refractivity contribution in [3.05, 3.63) is 41.5 Å². The Morgan fingerprint density at radius 2 is 1.83 bits per heavy atom. The number of nitrogen functional groups attached to an aromatic ring is 1. The average Bonchev–Trinajstić information content (AvgIpc) is 3.24. The van der Waals surface area contributed by atoms with Gasteiger partial charge in [-0.15, -0.1) is 0 Å². The molecule has 1 aromatic carbocycles. The van der Waals surface area contributed by atoms with Gasteiger partial charge in [-0.25, -0.2) is 4.98 Å². The van der Waals surface area contributed by atoms with Crippen molar-refractivity contribution in [2.24, 2.45) is 0 Å². The fourth-order valence-corrected chi connectivity index (χ4v) is 4.16. The minimum atomic E-state index is -0.0617. The van der Waals surface area contributed by atoms with Gasteiger partial charge in [0, 0.05) is 25.7 Å². The van der Waals surface area contributed by atoms with Crippen molar-refractivity contribution in [3.63, 3.8) is 0 Å². The number of aromatic nitrogens is 1. The molecule has 7 nitrogen and oxygen atoms in total. The van der Waals surface area contributed by atoms with Crippen LogP contribution in [-0.4, -0.2) is 42.0 Å². The van der Waals surface area contributed by atoms with E-state index in [1.54, 1.807) is 0 Å². The number of fused-ring (bicyclic) bond motifs is 1. The summed E-state index contributed by atoms with van der Waals surface area (Å²) in [5, 5.41) is 6.23. The van der Waals surface area contributed by atoms with Crippen LogP contribution >= 0.6 is 0 Å². The van der Waals surface area contributed by atoms with Crippen molar-refractivity contribution in [3.8, 4) is 0 Å². The van der Waals surface area contributed by atoms with Gasteiger partial charge in [-0.2, -0.15) is 0 Å². The van der Waals surface area contributed by atoms with E-state index in [0.29, 0.717) is 24.6 Å². The molecule has 4 N–H and O–H groups in total. The van der Waals surface area contributed by atoms with Crippen molar-refractivity contribution in [1.82, 2.24) is 9.88 Å². The van der Waals surface area contributed by atoms with Crippen LogP contribution in [0.25, 0.3) is 0 Å². The first-order chi connectivity index (χ1) is 14.6. The van der Waals surface area contributed by atoms with Crippen LogP contribution in [0.1, 0.15) is 43.7 Å². The molecule has 0 saturated carbocycles. The second-order valence-corrected chi connectivity index (χ2v) is 8.27. The summed E-state index contributed by atoms with van der Waals surface area (Å²) in [4.78, 5) is 21.3. The summed E-state index contributed by atoms with van der Waals surface area (Å²) in [6.07, 6.45) is 4.80. The Bertz CT molecular complexity index is 876. The summed E-state index contributed by atoms with van der Waals surface area (Å²) in [6, 6.07) is 10.7. The molecule has 0 bridgehead atoms. The van der Waals surface area contributed by atoms with Gasteiger partial charge >= 0.3 is 0 Å². The molecule has 2 aromatic rings. The minimum absolute atomic E-state index is 0.0617. The van der Waals surface area contributed by atoms with E-state index in [1.807, 2.05) is 6.07 Å². The number of pyridine rings is 1. The normalized spacial score (nSPS) is 16.4. The second-order valence-electron chi connectivity index (χ2n) is 8.27. The number of hydrogen-bond donors (Lipinski definition) is 3. The summed E-state index contributed by atoms with van der Waals surface area (Å²) in [5.41, 5.74) is 10.2. The second kappa shape index (κ2) is 9.34. The SMILES string of the molecule is CCCCNc1cc2c(c(N)n1)NC(=O)CN2Cc1ccc(CN2CCCC2)cc1. The van der Waals surface area contributed by atoms with E-state index in [4.69, 9.17) is 5.73 Å². The van der Waals surface area contributed by atoms with Crippen molar-refractivity contribution in [2.75, 3.05) is 47.4 Å². The van der Waals surface area contributed by atoms with Gasteiger partial charge in [0.15, 0.2) is 5.82 Å². The number of nitrogens with one attached hydrogen (secondary N) is 2. The van der Waals surface area contributed by atoms with Gasteiger partial charge < -0.3 is 21.3 Å². The van der Waals surface area contributed by atoms with Gasteiger partial charge in [-0.05, 0) is 43.5 Å². The number of rotatable bonds is 8. The number of benzene rings is 1. The van der Waals surface area contributed by atoms with E-state index in [-0.39, 0.29) is 5.91 Å². The number of likely N-dealkylation sites (tertiary alicyclic amines) is 1. The Morgan fingerprint density at radius 3 is 2.53 bits per heavy atom. The number of hydrogen-bond acceptors (Lipinski definition) is 6. The van der Waals surface area contributed by atoms with Crippen LogP contribution in [0.2, 0.25) is 0 Å². The molecule has 30 heavy (non-hydrogen) atoms. The predicted molar refractivity (Wildman–Crippen MR) is 123 cm³/mol. The molecule has 1 fully saturated rings. The highest BCUT2D eigenvalue weighted by Crippen LogP contribution is 2.36. The number of nitrogens with two attached hydrogens (primary N) is 1. The predicted octanol–water partition coefficient (Wildman–Crippen LogP) is 3.43. The zero-order chi connectivity index (χ0) is 20.9. The highest BCUT2D eigenvalue weighted by Gasteiger charge is 2.25. The third kappa shape index (κ3) is 4.84. The van der Waals surface area contributed by atoms with Crippen LogP contribution < -0.4 is 21.3 Å². The van der Waals surface area contributed by atoms with Crippen molar-refractivity contribution < 1.29 is 4.79 Å². The molecule has 1 aromatic heterocycles. The number of carbonyl (C=O) groups excluding carboxylic acids is 1. The largest absolute Gasteiger partial charge is 0.382 e. The van der Waals surface area contributed by atoms with E-state index in [0.717, 1.165) is 37.4 Å². The zero-order valence-corrected chi connectivity index (χ0v) is 17.8. The summed E-state index contributed by atoms with van der Waals surface area (Å²) >= 11 is 0. The average molecular weight is 409 g/mol. The molecule has 0 atom stereocenters. The highest BCUT2D eigenvalue weighted by molar-refractivity contribution is 6.04. The number of anilines is 4. The molecular formula is C23H32N6O. The van der Waals surface area contributed by atoms with Gasteiger partial charge in [-0.1, -0.05) is 37.6 Å². The lowest BCUT2D eigenvalue weighted by Crippen LogP contribution is -2.38. The molecule has 0 radical (unpaired) electrons. The Hall–Kier alpha value is -2.80. The molecule has 0 unspecified atom stereocenters. The summed E-state index contributed by atoms with van der Waals surface area (Å²) in [6.45, 7) is 7.39. The topological polar surface area (TPSA) is 86.5 Å². The van der Waals surface area contributed by atoms with E-state index < -0.39 is 0 Å². The number of unbranched alkanes of at least 4 members (excludes halogenated alkanes) is 1. The number of amides is 1. The van der Waals surface area contributed by atoms with Crippen LogP contribution in [-0.2, 0) is 17.9 Å². The molecule has 2 aliphatic rings. The fraction of sp³-hybridized carbons (Fsp3) is 0.478. The zero-order valence-electron chi connectivity index (χ0n) is 17.8. The molecule has 0 spiro atoms. The lowest BCUT2D eigenvalue weighted by molar-refractivity contribution is -0.115. The van der Waals surface area contributed by atoms with Gasteiger partial charge in [-0.3, -0.25) is 9.69 Å². The van der Waals surface area contributed by atoms with Gasteiger partial charge in [0.25, 0.3) is 0 Å². The lowest BCUT2D eigenvalue weighted by atomic mass is 10.1. The maximum absolute atomic E-state index is 12.3. The Labute approximate surface area is 178 Å². The molecule has 1 saturated heterocycles. The number of carbonyl (C=O) groups is 1. The molecule has 3 heterocycles. The molecule has 7 heteroatoms. The van der Waals surface area contributed by atoms with Gasteiger partial charge in [0.2, 0.25) is 5.91 Å². The molecule has 0 aliphatic carbocycles. The lowest BCUT2D eigenvalue weighted by Gasteiger charge is -2.32. The molecular weight excluding hydrogens is 376 g/mol. The minimum Gasteiger partial charge on any atom is -0.382 e. The molecule has 160 valence electrons. The molecule has 1 amide bonds. The Morgan fingerprint density at radius 1 is 1.13 bits per heavy atom. The van der Waals surface area contributed by atoms with Crippen LogP contribution in [0.3, 0.4) is 0 Å². The van der Waals surface area contributed by atoms with Crippen LogP contribution in [0.15, 0.2) is 30.3 Å². The summed E-state index contributed by atoms with van der Waals surface area (Å²) < 4.78 is 0. The van der Waals surface area contributed by atoms with Gasteiger partial charge in [0.05, 0.1) is 12.2 Å². The van der Waals surface area contributed by atoms with Crippen LogP contribution in [0.5, 0.6) is 0 Å². The van der Waals surface area contributed by atoms with Gasteiger partial charge in [0.1, 0.15) is 11.5 Å². The van der Waals surface area contributed by atoms with E-state index in [2.05, 4.69) is 56.6 Å². The first-order valence-corrected chi connectivity index (χ1v) is 11.0. The Kier molecular flexibility index (Phi) is 6.38. The fourth-order valence-electron chi connectivity index (χ4n) is 4.16. The summed E-state index contributed by atoms with van der Waals surface area (Å²) in [7, 11) is 0. The van der Waals surface area contributed by atoms with Crippen molar-refractivity contribution >= 4 is 28.9 Å². The van der Waals surface area contributed by atoms with E-state index in [1.165, 1.54) is 37.1 Å². The quantitative estimate of drug-likeness (QED) is 0.580. The first kappa shape index (κ1) is 20.5. The molecule has 2 aliphatic heterocycles. The number of nitrogens with zero attached hydrogens (tertiary/aromatic N) is 3. The third-order valence-electron chi connectivity index (χ3n) is 5.80. The van der Waals surface area contributed by atoms with Crippen LogP contribution in [0.4, 0.5) is 23.0 Å². The Balaban J connectivity index is 1.49. The van der Waals surface area contributed by atoms with E-state index in [9.17, 15) is 4.79 Å². The van der Waals surface area contributed by atoms with Crippen LogP contribution in [0, 0.1) is 0 Å². The van der Waals surface area contributed by atoms with Crippen molar-refractivity contribution in [2.45, 2.75) is 45.7 Å². The molecule has 4 rings (SSSR count). The standard InChI is InChI=1S/C23H32N6O/c1-2-3-10-25-20-13-19-22(23(24)26-20)27-21(30)16-29(19)15-18-8-6-17(7-9-18)14-28-11-4-5-12-28/h6-9,13H,2-5,10-12,14-16H2,1H3,(H,27,30)(H3,24,25,26). The first-order valence-electron chi connectivity index (χ1n) is 11.0. The smallest absolute Gasteiger partial charge is 0.244 e. The van der Waals surface area contributed by atoms with Crippen molar-refractivity contribution in [1.29, 1.82) is 0 Å². The third-order valence-corrected chi connectivity index (χ3v) is 5.80. The van der Waals surface area contributed by atoms with E-state index >= 15 is 0 Å². The monoisotopic (exact) mass is 408 g/mol. The maximum Gasteiger partial charge on any atom is 0.244 e.